The Morgan fingerprint density at radius 1 is 1.29 bits per heavy atom. The van der Waals surface area contributed by atoms with Crippen molar-refractivity contribution in [3.05, 3.63) is 12.2 Å². The summed E-state index contributed by atoms with van der Waals surface area (Å²) in [6.07, 6.45) is 8.31. The summed E-state index contributed by atoms with van der Waals surface area (Å²) in [5.41, 5.74) is 0. The van der Waals surface area contributed by atoms with Gasteiger partial charge >= 0.3 is 0 Å². The minimum atomic E-state index is -1.63. The highest BCUT2D eigenvalue weighted by molar-refractivity contribution is 9.09. The van der Waals surface area contributed by atoms with Crippen molar-refractivity contribution in [2.75, 3.05) is 5.33 Å². The third-order valence-electron chi connectivity index (χ3n) is 3.53. The highest BCUT2D eigenvalue weighted by Crippen LogP contribution is 2.37. The summed E-state index contributed by atoms with van der Waals surface area (Å²) in [5, 5.41) is 1.20. The quantitative estimate of drug-likeness (QED) is 0.341. The largest absolute Gasteiger partial charge is 0.411 e. The molecule has 0 aromatic rings. The Bertz CT molecular complexity index is 231. The lowest BCUT2D eigenvalue weighted by Gasteiger charge is -2.38. The van der Waals surface area contributed by atoms with E-state index in [0.29, 0.717) is 11.1 Å². The second kappa shape index (κ2) is 7.75. The van der Waals surface area contributed by atoms with Crippen molar-refractivity contribution < 1.29 is 4.43 Å². The first-order valence-corrected chi connectivity index (χ1v) is 10.7. The lowest BCUT2D eigenvalue weighted by atomic mass is 10.1. The van der Waals surface area contributed by atoms with Crippen LogP contribution in [0.3, 0.4) is 0 Å². The van der Waals surface area contributed by atoms with Crippen LogP contribution in [0.4, 0.5) is 0 Å². The van der Waals surface area contributed by atoms with E-state index in [0.717, 1.165) is 11.8 Å². The first kappa shape index (κ1) is 17.4. The standard InChI is InChI=1S/C14H29BrOSi/c1-7-8-10-13(11-9-12-15)16-17(5,6)14(2,3)4/h9,11,13H,7-8,10,12H2,1-6H3. The first-order chi connectivity index (χ1) is 7.74. The molecular formula is C14H29BrOSi. The van der Waals surface area contributed by atoms with Crippen LogP contribution < -0.4 is 0 Å². The fourth-order valence-electron chi connectivity index (χ4n) is 1.36. The summed E-state index contributed by atoms with van der Waals surface area (Å²) >= 11 is 3.43. The lowest BCUT2D eigenvalue weighted by Crippen LogP contribution is -2.43. The maximum Gasteiger partial charge on any atom is 0.192 e. The maximum atomic E-state index is 6.44. The molecule has 0 bridgehead atoms. The molecular weight excluding hydrogens is 292 g/mol. The molecule has 0 aliphatic heterocycles. The highest BCUT2D eigenvalue weighted by atomic mass is 79.9. The number of allylic oxidation sites excluding steroid dienone is 1. The summed E-state index contributed by atoms with van der Waals surface area (Å²) in [4.78, 5) is 0. The van der Waals surface area contributed by atoms with Crippen LogP contribution in [0, 0.1) is 0 Å². The van der Waals surface area contributed by atoms with Gasteiger partial charge in [0.15, 0.2) is 8.32 Å². The van der Waals surface area contributed by atoms with Crippen LogP contribution in [0.2, 0.25) is 18.1 Å². The molecule has 17 heavy (non-hydrogen) atoms. The lowest BCUT2D eigenvalue weighted by molar-refractivity contribution is 0.211. The van der Waals surface area contributed by atoms with Gasteiger partial charge in [0, 0.05) is 5.33 Å². The van der Waals surface area contributed by atoms with Crippen molar-refractivity contribution >= 4 is 24.2 Å². The van der Waals surface area contributed by atoms with Gasteiger partial charge in [-0.05, 0) is 24.6 Å². The Morgan fingerprint density at radius 2 is 1.88 bits per heavy atom. The van der Waals surface area contributed by atoms with Crippen molar-refractivity contribution in [3.63, 3.8) is 0 Å². The SMILES string of the molecule is CCCCC(C=CCBr)O[Si](C)(C)C(C)(C)C. The Labute approximate surface area is 117 Å². The number of hydrogen-bond acceptors (Lipinski definition) is 1. The number of hydrogen-bond donors (Lipinski definition) is 0. The fraction of sp³-hybridized carbons (Fsp3) is 0.857. The van der Waals surface area contributed by atoms with E-state index in [1.165, 1.54) is 12.8 Å². The van der Waals surface area contributed by atoms with Crippen LogP contribution in [0.1, 0.15) is 47.0 Å². The van der Waals surface area contributed by atoms with E-state index < -0.39 is 8.32 Å². The zero-order valence-corrected chi connectivity index (χ0v) is 14.9. The van der Waals surface area contributed by atoms with Gasteiger partial charge in [0.2, 0.25) is 0 Å². The first-order valence-electron chi connectivity index (χ1n) is 6.65. The molecule has 1 atom stereocenters. The molecule has 0 rings (SSSR count). The van der Waals surface area contributed by atoms with Crippen molar-refractivity contribution in [3.8, 4) is 0 Å². The molecule has 0 saturated heterocycles. The summed E-state index contributed by atoms with van der Waals surface area (Å²) in [7, 11) is -1.63. The minimum absolute atomic E-state index is 0.291. The molecule has 0 saturated carbocycles. The van der Waals surface area contributed by atoms with Crippen LogP contribution >= 0.6 is 15.9 Å². The molecule has 102 valence electrons. The predicted molar refractivity (Wildman–Crippen MR) is 84.5 cm³/mol. The molecule has 1 unspecified atom stereocenters. The van der Waals surface area contributed by atoms with E-state index in [9.17, 15) is 0 Å². The molecule has 0 fully saturated rings. The predicted octanol–water partition coefficient (Wildman–Crippen LogP) is 5.52. The van der Waals surface area contributed by atoms with Crippen LogP contribution in [0.5, 0.6) is 0 Å². The Kier molecular flexibility index (Phi) is 7.93. The van der Waals surface area contributed by atoms with Crippen LogP contribution in [0.15, 0.2) is 12.2 Å². The summed E-state index contributed by atoms with van der Waals surface area (Å²) in [6.45, 7) is 13.8. The van der Waals surface area contributed by atoms with Gasteiger partial charge in [0.1, 0.15) is 0 Å². The van der Waals surface area contributed by atoms with Crippen LogP contribution in [-0.4, -0.2) is 19.8 Å². The number of alkyl halides is 1. The van der Waals surface area contributed by atoms with E-state index in [2.05, 4.69) is 68.9 Å². The van der Waals surface area contributed by atoms with Crippen LogP contribution in [0.25, 0.3) is 0 Å². The Hall–Kier alpha value is 0.397. The zero-order valence-electron chi connectivity index (χ0n) is 12.3. The smallest absolute Gasteiger partial charge is 0.192 e. The number of rotatable bonds is 7. The molecule has 0 radical (unpaired) electrons. The third kappa shape index (κ3) is 6.78. The van der Waals surface area contributed by atoms with Gasteiger partial charge in [-0.1, -0.05) is 68.6 Å². The minimum Gasteiger partial charge on any atom is -0.411 e. The molecule has 0 aliphatic rings. The molecule has 0 N–H and O–H groups in total. The molecule has 1 nitrogen and oxygen atoms in total. The average molecular weight is 321 g/mol. The van der Waals surface area contributed by atoms with Gasteiger partial charge in [-0.2, -0.15) is 0 Å². The zero-order chi connectivity index (χ0) is 13.5. The van der Waals surface area contributed by atoms with E-state index in [4.69, 9.17) is 4.43 Å². The maximum absolute atomic E-state index is 6.44. The van der Waals surface area contributed by atoms with Crippen molar-refractivity contribution in [2.24, 2.45) is 0 Å². The fourth-order valence-corrected chi connectivity index (χ4v) is 2.88. The van der Waals surface area contributed by atoms with Gasteiger partial charge in [0.05, 0.1) is 6.10 Å². The molecule has 0 aromatic carbocycles. The average Bonchev–Trinajstić information content (AvgIpc) is 2.20. The highest BCUT2D eigenvalue weighted by Gasteiger charge is 2.38. The van der Waals surface area contributed by atoms with Gasteiger partial charge in [-0.15, -0.1) is 0 Å². The molecule has 0 aliphatic carbocycles. The molecule has 0 aromatic heterocycles. The van der Waals surface area contributed by atoms with Gasteiger partial charge < -0.3 is 4.43 Å². The van der Waals surface area contributed by atoms with E-state index in [1.54, 1.807) is 0 Å². The van der Waals surface area contributed by atoms with Gasteiger partial charge in [-0.25, -0.2) is 0 Å². The van der Waals surface area contributed by atoms with Gasteiger partial charge in [0.25, 0.3) is 0 Å². The summed E-state index contributed by atoms with van der Waals surface area (Å²) < 4.78 is 6.44. The molecule has 0 heterocycles. The number of halogens is 1. The second-order valence-electron chi connectivity index (χ2n) is 6.14. The molecule has 0 amide bonds. The second-order valence-corrected chi connectivity index (χ2v) is 11.5. The summed E-state index contributed by atoms with van der Waals surface area (Å²) in [6, 6.07) is 0. The number of unbranched alkanes of at least 4 members (excludes halogenated alkanes) is 1. The Morgan fingerprint density at radius 3 is 2.29 bits per heavy atom. The summed E-state index contributed by atoms with van der Waals surface area (Å²) in [5.74, 6) is 0. The van der Waals surface area contributed by atoms with E-state index in [1.807, 2.05) is 0 Å². The van der Waals surface area contributed by atoms with Crippen molar-refractivity contribution in [1.29, 1.82) is 0 Å². The normalized spacial score (nSPS) is 15.5. The Balaban J connectivity index is 4.56. The van der Waals surface area contributed by atoms with Gasteiger partial charge in [-0.3, -0.25) is 0 Å². The van der Waals surface area contributed by atoms with E-state index in [-0.39, 0.29) is 0 Å². The molecule has 0 spiro atoms. The van der Waals surface area contributed by atoms with E-state index >= 15 is 0 Å². The van der Waals surface area contributed by atoms with Crippen molar-refractivity contribution in [2.45, 2.75) is 71.2 Å². The molecule has 3 heteroatoms. The monoisotopic (exact) mass is 320 g/mol. The van der Waals surface area contributed by atoms with Crippen molar-refractivity contribution in [1.82, 2.24) is 0 Å². The third-order valence-corrected chi connectivity index (χ3v) is 8.41. The topological polar surface area (TPSA) is 9.23 Å². The van der Waals surface area contributed by atoms with Crippen LogP contribution in [-0.2, 0) is 4.43 Å².